The molecule has 1 aromatic rings. The Morgan fingerprint density at radius 1 is 1.16 bits per heavy atom. The summed E-state index contributed by atoms with van der Waals surface area (Å²) in [4.78, 5) is 23.3. The molecule has 0 aromatic heterocycles. The van der Waals surface area contributed by atoms with E-state index in [0.717, 1.165) is 0 Å². The van der Waals surface area contributed by atoms with E-state index in [1.54, 1.807) is 26.0 Å². The number of amides is 1. The van der Waals surface area contributed by atoms with Gasteiger partial charge in [0.25, 0.3) is 5.91 Å². The van der Waals surface area contributed by atoms with Gasteiger partial charge in [-0.15, -0.1) is 0 Å². The lowest BCUT2D eigenvalue weighted by atomic mass is 10.2. The predicted octanol–water partition coefficient (Wildman–Crippen LogP) is 1.79. The average Bonchev–Trinajstić information content (AvgIpc) is 2.61. The van der Waals surface area contributed by atoms with Crippen LogP contribution in [0.3, 0.4) is 0 Å². The molecule has 0 saturated carbocycles. The fourth-order valence-corrected chi connectivity index (χ4v) is 3.82. The highest BCUT2D eigenvalue weighted by Crippen LogP contribution is 2.17. The predicted molar refractivity (Wildman–Crippen MR) is 94.7 cm³/mol. The van der Waals surface area contributed by atoms with Crippen LogP contribution in [0.2, 0.25) is 0 Å². The molecule has 0 aliphatic rings. The second kappa shape index (κ2) is 10.1. The number of unbranched alkanes of at least 4 members (excludes halogenated alkanes) is 1. The smallest absolute Gasteiger partial charge is 0.305 e. The molecule has 1 aromatic carbocycles. The van der Waals surface area contributed by atoms with Crippen molar-refractivity contribution in [2.45, 2.75) is 38.0 Å². The van der Waals surface area contributed by atoms with Crippen molar-refractivity contribution in [3.8, 4) is 0 Å². The van der Waals surface area contributed by atoms with Gasteiger partial charge in [-0.3, -0.25) is 9.59 Å². The van der Waals surface area contributed by atoms with Gasteiger partial charge in [-0.1, -0.05) is 19.9 Å². The van der Waals surface area contributed by atoms with Gasteiger partial charge in [-0.2, -0.15) is 4.31 Å². The molecule has 8 heteroatoms. The zero-order chi connectivity index (χ0) is 18.9. The van der Waals surface area contributed by atoms with Crippen molar-refractivity contribution in [1.29, 1.82) is 0 Å². The van der Waals surface area contributed by atoms with Gasteiger partial charge in [0.15, 0.2) is 0 Å². The second-order valence-corrected chi connectivity index (χ2v) is 7.34. The van der Waals surface area contributed by atoms with Crippen LogP contribution in [-0.4, -0.2) is 51.3 Å². The maximum atomic E-state index is 12.5. The summed E-state index contributed by atoms with van der Waals surface area (Å²) in [5, 5.41) is 2.73. The van der Waals surface area contributed by atoms with E-state index in [-0.39, 0.29) is 16.8 Å². The van der Waals surface area contributed by atoms with Gasteiger partial charge < -0.3 is 10.1 Å². The fourth-order valence-electron chi connectivity index (χ4n) is 2.31. The van der Waals surface area contributed by atoms with Gasteiger partial charge >= 0.3 is 5.97 Å². The number of esters is 1. The molecule has 0 radical (unpaired) electrons. The Bertz CT molecular complexity index is 684. The molecule has 140 valence electrons. The largest absolute Gasteiger partial charge is 0.469 e. The molecule has 0 bridgehead atoms. The maximum Gasteiger partial charge on any atom is 0.305 e. The molecule has 0 aliphatic carbocycles. The van der Waals surface area contributed by atoms with Crippen LogP contribution in [0.15, 0.2) is 29.2 Å². The number of rotatable bonds is 10. The summed E-state index contributed by atoms with van der Waals surface area (Å²) in [6, 6.07) is 6.01. The van der Waals surface area contributed by atoms with Crippen molar-refractivity contribution in [3.05, 3.63) is 29.8 Å². The van der Waals surface area contributed by atoms with Gasteiger partial charge in [0, 0.05) is 31.6 Å². The second-order valence-electron chi connectivity index (χ2n) is 5.41. The van der Waals surface area contributed by atoms with Crippen molar-refractivity contribution in [1.82, 2.24) is 9.62 Å². The van der Waals surface area contributed by atoms with Crippen molar-refractivity contribution in [2.24, 2.45) is 0 Å². The summed E-state index contributed by atoms with van der Waals surface area (Å²) in [7, 11) is -2.26. The molecule has 0 aliphatic heterocycles. The average molecular weight is 370 g/mol. The molecule has 0 saturated heterocycles. The summed E-state index contributed by atoms with van der Waals surface area (Å²) in [6.07, 6.45) is 1.56. The summed E-state index contributed by atoms with van der Waals surface area (Å²) in [6.45, 7) is 4.69. The number of benzene rings is 1. The molecular formula is C17H26N2O5S. The monoisotopic (exact) mass is 370 g/mol. The minimum Gasteiger partial charge on any atom is -0.469 e. The number of nitrogens with one attached hydrogen (secondary N) is 1. The van der Waals surface area contributed by atoms with Crippen LogP contribution >= 0.6 is 0 Å². The Kier molecular flexibility index (Phi) is 8.57. The number of sulfonamides is 1. The van der Waals surface area contributed by atoms with Crippen molar-refractivity contribution < 1.29 is 22.7 Å². The van der Waals surface area contributed by atoms with Crippen LogP contribution in [0.5, 0.6) is 0 Å². The third-order valence-corrected chi connectivity index (χ3v) is 5.81. The topological polar surface area (TPSA) is 92.8 Å². The number of hydrogen-bond donors (Lipinski definition) is 1. The normalized spacial score (nSPS) is 11.4. The number of hydrogen-bond acceptors (Lipinski definition) is 5. The number of methoxy groups -OCH3 is 1. The van der Waals surface area contributed by atoms with E-state index in [0.29, 0.717) is 44.5 Å². The number of nitrogens with zero attached hydrogens (tertiary/aromatic N) is 1. The van der Waals surface area contributed by atoms with Gasteiger partial charge in [0.1, 0.15) is 0 Å². The Balaban J connectivity index is 2.68. The standard InChI is InChI=1S/C17H26N2O5S/c1-4-19(5-2)25(22,23)15-10-8-9-14(13-15)17(21)18-12-7-6-11-16(20)24-3/h8-10,13H,4-7,11-12H2,1-3H3,(H,18,21). The minimum absolute atomic E-state index is 0.106. The summed E-state index contributed by atoms with van der Waals surface area (Å²) >= 11 is 0. The summed E-state index contributed by atoms with van der Waals surface area (Å²) in [5.41, 5.74) is 0.293. The quantitative estimate of drug-likeness (QED) is 0.501. The van der Waals surface area contributed by atoms with E-state index in [1.165, 1.54) is 23.5 Å². The highest BCUT2D eigenvalue weighted by atomic mass is 32.2. The first-order chi connectivity index (χ1) is 11.9. The third kappa shape index (κ3) is 6.13. The Labute approximate surface area is 149 Å². The molecule has 0 atom stereocenters. The van der Waals surface area contributed by atoms with Gasteiger partial charge in [-0.05, 0) is 31.0 Å². The van der Waals surface area contributed by atoms with Crippen molar-refractivity contribution in [2.75, 3.05) is 26.7 Å². The summed E-state index contributed by atoms with van der Waals surface area (Å²) < 4.78 is 30.9. The lowest BCUT2D eigenvalue weighted by Gasteiger charge is -2.18. The lowest BCUT2D eigenvalue weighted by molar-refractivity contribution is -0.140. The SMILES string of the molecule is CCN(CC)S(=O)(=O)c1cccc(C(=O)NCCCCC(=O)OC)c1. The van der Waals surface area contributed by atoms with E-state index in [1.807, 2.05) is 0 Å². The summed E-state index contributed by atoms with van der Waals surface area (Å²) in [5.74, 6) is -0.615. The van der Waals surface area contributed by atoms with Crippen LogP contribution in [0, 0.1) is 0 Å². The number of carbonyl (C=O) groups excluding carboxylic acids is 2. The van der Waals surface area contributed by atoms with Crippen LogP contribution in [0.4, 0.5) is 0 Å². The van der Waals surface area contributed by atoms with E-state index >= 15 is 0 Å². The Morgan fingerprint density at radius 2 is 1.84 bits per heavy atom. The zero-order valence-electron chi connectivity index (χ0n) is 14.9. The van der Waals surface area contributed by atoms with Crippen LogP contribution in [0.1, 0.15) is 43.5 Å². The number of ether oxygens (including phenoxy) is 1. The van der Waals surface area contributed by atoms with E-state index in [2.05, 4.69) is 10.1 Å². The van der Waals surface area contributed by atoms with E-state index in [9.17, 15) is 18.0 Å². The molecule has 0 heterocycles. The van der Waals surface area contributed by atoms with E-state index in [4.69, 9.17) is 0 Å². The lowest BCUT2D eigenvalue weighted by Crippen LogP contribution is -2.31. The molecule has 7 nitrogen and oxygen atoms in total. The first-order valence-corrected chi connectivity index (χ1v) is 9.76. The minimum atomic E-state index is -3.60. The molecule has 0 spiro atoms. The van der Waals surface area contributed by atoms with Crippen molar-refractivity contribution >= 4 is 21.9 Å². The third-order valence-electron chi connectivity index (χ3n) is 3.76. The van der Waals surface area contributed by atoms with E-state index < -0.39 is 10.0 Å². The maximum absolute atomic E-state index is 12.5. The molecule has 0 fully saturated rings. The van der Waals surface area contributed by atoms with Crippen molar-refractivity contribution in [3.63, 3.8) is 0 Å². The zero-order valence-corrected chi connectivity index (χ0v) is 15.8. The van der Waals surface area contributed by atoms with Gasteiger partial charge in [-0.25, -0.2) is 8.42 Å². The molecule has 1 N–H and O–H groups in total. The Hall–Kier alpha value is -1.93. The van der Waals surface area contributed by atoms with Crippen LogP contribution in [0.25, 0.3) is 0 Å². The van der Waals surface area contributed by atoms with Crippen LogP contribution in [-0.2, 0) is 19.6 Å². The van der Waals surface area contributed by atoms with Gasteiger partial charge in [0.2, 0.25) is 10.0 Å². The number of carbonyl (C=O) groups is 2. The first kappa shape index (κ1) is 21.1. The van der Waals surface area contributed by atoms with Gasteiger partial charge in [0.05, 0.1) is 12.0 Å². The first-order valence-electron chi connectivity index (χ1n) is 8.32. The molecule has 25 heavy (non-hydrogen) atoms. The molecule has 1 amide bonds. The molecule has 0 unspecified atom stereocenters. The Morgan fingerprint density at radius 3 is 2.44 bits per heavy atom. The highest BCUT2D eigenvalue weighted by molar-refractivity contribution is 7.89. The fraction of sp³-hybridized carbons (Fsp3) is 0.529. The van der Waals surface area contributed by atoms with Crippen LogP contribution < -0.4 is 5.32 Å². The highest BCUT2D eigenvalue weighted by Gasteiger charge is 2.22. The molecular weight excluding hydrogens is 344 g/mol. The molecule has 1 rings (SSSR count).